The van der Waals surface area contributed by atoms with Gasteiger partial charge in [0.05, 0.1) is 5.69 Å². The van der Waals surface area contributed by atoms with Gasteiger partial charge in [-0.3, -0.25) is 4.79 Å². The second-order valence-electron chi connectivity index (χ2n) is 8.86. The minimum absolute atomic E-state index is 0.0917. The Balaban J connectivity index is 1.38. The number of hydrogen-bond acceptors (Lipinski definition) is 6. The van der Waals surface area contributed by atoms with Crippen molar-refractivity contribution in [1.82, 2.24) is 19.9 Å². The second-order valence-corrected chi connectivity index (χ2v) is 8.86. The zero-order valence-electron chi connectivity index (χ0n) is 19.0. The summed E-state index contributed by atoms with van der Waals surface area (Å²) in [4.78, 5) is 31.4. The minimum Gasteiger partial charge on any atom is -0.436 e. The van der Waals surface area contributed by atoms with Crippen LogP contribution in [0.4, 0.5) is 5.82 Å². The second kappa shape index (κ2) is 8.37. The Bertz CT molecular complexity index is 1140. The first-order valence-corrected chi connectivity index (χ1v) is 11.4. The van der Waals surface area contributed by atoms with Gasteiger partial charge in [0.15, 0.2) is 5.89 Å². The molecule has 1 atom stereocenters. The van der Waals surface area contributed by atoms with Crippen LogP contribution in [-0.2, 0) is 13.0 Å². The van der Waals surface area contributed by atoms with Gasteiger partial charge in [-0.1, -0.05) is 30.3 Å². The van der Waals surface area contributed by atoms with Crippen LogP contribution in [0, 0.1) is 20.8 Å². The van der Waals surface area contributed by atoms with Crippen molar-refractivity contribution in [2.75, 3.05) is 24.5 Å². The first kappa shape index (κ1) is 20.7. The molecule has 0 aliphatic carbocycles. The fraction of sp³-hybridized carbons (Fsp3) is 0.440. The van der Waals surface area contributed by atoms with Crippen molar-refractivity contribution in [2.45, 2.75) is 52.5 Å². The summed E-state index contributed by atoms with van der Waals surface area (Å²) >= 11 is 0. The molecular formula is C25H29N5O2. The third-order valence-corrected chi connectivity index (χ3v) is 6.52. The van der Waals surface area contributed by atoms with Crippen LogP contribution in [0.1, 0.15) is 63.5 Å². The summed E-state index contributed by atoms with van der Waals surface area (Å²) in [5.41, 5.74) is 4.26. The van der Waals surface area contributed by atoms with Crippen molar-refractivity contribution in [3.8, 4) is 0 Å². The van der Waals surface area contributed by atoms with Crippen molar-refractivity contribution in [1.29, 1.82) is 0 Å². The number of aryl methyl sites for hydroxylation is 3. The molecule has 1 fully saturated rings. The summed E-state index contributed by atoms with van der Waals surface area (Å²) in [7, 11) is 0. The standard InChI is InChI=1S/C25H29N5O2/c1-16-21-10-7-12-29(14-19-8-5-4-6-9-19)24(21)28-23(27-16)20-11-13-30(15-20)25(31)22-17(2)26-18(3)32-22/h4-6,8-9,20H,7,10-15H2,1-3H3/t20-/m1/s1. The summed E-state index contributed by atoms with van der Waals surface area (Å²) in [6, 6.07) is 10.5. The van der Waals surface area contributed by atoms with Crippen LogP contribution < -0.4 is 4.90 Å². The number of fused-ring (bicyclic) bond motifs is 1. The van der Waals surface area contributed by atoms with Gasteiger partial charge in [-0.05, 0) is 38.7 Å². The van der Waals surface area contributed by atoms with Crippen molar-refractivity contribution in [3.05, 3.63) is 70.3 Å². The van der Waals surface area contributed by atoms with E-state index >= 15 is 0 Å². The predicted octanol–water partition coefficient (Wildman–Crippen LogP) is 3.97. The highest BCUT2D eigenvalue weighted by molar-refractivity contribution is 5.92. The number of nitrogens with zero attached hydrogens (tertiary/aromatic N) is 5. The monoisotopic (exact) mass is 431 g/mol. The Kier molecular flexibility index (Phi) is 5.41. The fourth-order valence-corrected chi connectivity index (χ4v) is 4.88. The molecule has 0 N–H and O–H groups in total. The molecule has 2 aliphatic heterocycles. The molecule has 1 aromatic carbocycles. The average Bonchev–Trinajstić information content (AvgIpc) is 3.41. The number of oxazole rings is 1. The summed E-state index contributed by atoms with van der Waals surface area (Å²) in [5, 5.41) is 0. The first-order valence-electron chi connectivity index (χ1n) is 11.4. The molecule has 2 aromatic heterocycles. The Labute approximate surface area is 188 Å². The number of amides is 1. The van der Waals surface area contributed by atoms with Gasteiger partial charge in [-0.15, -0.1) is 0 Å². The number of anilines is 1. The van der Waals surface area contributed by atoms with E-state index in [1.165, 1.54) is 11.1 Å². The number of benzene rings is 1. The van der Waals surface area contributed by atoms with Crippen LogP contribution >= 0.6 is 0 Å². The molecule has 166 valence electrons. The molecule has 4 heterocycles. The van der Waals surface area contributed by atoms with E-state index in [0.717, 1.165) is 49.7 Å². The number of likely N-dealkylation sites (tertiary alicyclic amines) is 1. The lowest BCUT2D eigenvalue weighted by molar-refractivity contribution is 0.0756. The number of hydrogen-bond donors (Lipinski definition) is 0. The molecule has 1 amide bonds. The highest BCUT2D eigenvalue weighted by Crippen LogP contribution is 2.33. The van der Waals surface area contributed by atoms with E-state index in [1.54, 1.807) is 6.92 Å². The topological polar surface area (TPSA) is 75.4 Å². The maximum Gasteiger partial charge on any atom is 0.291 e. The quantitative estimate of drug-likeness (QED) is 0.622. The van der Waals surface area contributed by atoms with Crippen molar-refractivity contribution >= 4 is 11.7 Å². The number of carbonyl (C=O) groups excluding carboxylic acids is 1. The maximum atomic E-state index is 13.0. The maximum absolute atomic E-state index is 13.0. The van der Waals surface area contributed by atoms with Gasteiger partial charge in [0.25, 0.3) is 5.91 Å². The number of rotatable bonds is 4. The molecule has 5 rings (SSSR count). The first-order chi connectivity index (χ1) is 15.5. The van der Waals surface area contributed by atoms with Crippen molar-refractivity contribution in [2.24, 2.45) is 0 Å². The molecule has 0 radical (unpaired) electrons. The fourth-order valence-electron chi connectivity index (χ4n) is 4.88. The van der Waals surface area contributed by atoms with Gasteiger partial charge in [0.2, 0.25) is 5.76 Å². The lowest BCUT2D eigenvalue weighted by Crippen LogP contribution is -2.32. The molecule has 1 saturated heterocycles. The Morgan fingerprint density at radius 1 is 1.06 bits per heavy atom. The van der Waals surface area contributed by atoms with Gasteiger partial charge in [0, 0.05) is 50.3 Å². The number of carbonyl (C=O) groups is 1. The van der Waals surface area contributed by atoms with Crippen LogP contribution in [0.3, 0.4) is 0 Å². The van der Waals surface area contributed by atoms with Crippen LogP contribution in [0.5, 0.6) is 0 Å². The van der Waals surface area contributed by atoms with Crippen molar-refractivity contribution < 1.29 is 9.21 Å². The van der Waals surface area contributed by atoms with Crippen molar-refractivity contribution in [3.63, 3.8) is 0 Å². The molecule has 32 heavy (non-hydrogen) atoms. The molecule has 0 unspecified atom stereocenters. The van der Waals surface area contributed by atoms with Gasteiger partial charge >= 0.3 is 0 Å². The minimum atomic E-state index is -0.0917. The number of aromatic nitrogens is 3. The summed E-state index contributed by atoms with van der Waals surface area (Å²) in [5.74, 6) is 2.82. The molecule has 0 spiro atoms. The molecule has 7 nitrogen and oxygen atoms in total. The van der Waals surface area contributed by atoms with Crippen LogP contribution in [0.2, 0.25) is 0 Å². The lowest BCUT2D eigenvalue weighted by Gasteiger charge is -2.31. The van der Waals surface area contributed by atoms with E-state index in [9.17, 15) is 4.79 Å². The van der Waals surface area contributed by atoms with Gasteiger partial charge in [-0.25, -0.2) is 15.0 Å². The molecule has 7 heteroatoms. The lowest BCUT2D eigenvalue weighted by atomic mass is 10.0. The molecule has 0 bridgehead atoms. The van der Waals surface area contributed by atoms with Crippen LogP contribution in [-0.4, -0.2) is 45.4 Å². The van der Waals surface area contributed by atoms with E-state index in [2.05, 4.69) is 41.1 Å². The summed E-state index contributed by atoms with van der Waals surface area (Å²) < 4.78 is 5.55. The summed E-state index contributed by atoms with van der Waals surface area (Å²) in [6.07, 6.45) is 2.99. The highest BCUT2D eigenvalue weighted by Gasteiger charge is 2.33. The van der Waals surface area contributed by atoms with Gasteiger partial charge in [0.1, 0.15) is 11.6 Å². The van der Waals surface area contributed by atoms with Gasteiger partial charge < -0.3 is 14.2 Å². The molecule has 3 aromatic rings. The molecule has 2 aliphatic rings. The predicted molar refractivity (Wildman–Crippen MR) is 122 cm³/mol. The SMILES string of the molecule is Cc1nc(C)c(C(=O)N2CC[C@@H](c3nc(C)c4c(n3)N(Cc3ccccc3)CCC4)C2)o1. The van der Waals surface area contributed by atoms with Crippen LogP contribution in [0.15, 0.2) is 34.7 Å². The van der Waals surface area contributed by atoms with Gasteiger partial charge in [-0.2, -0.15) is 0 Å². The molecule has 0 saturated carbocycles. The van der Waals surface area contributed by atoms with E-state index in [-0.39, 0.29) is 11.8 Å². The smallest absolute Gasteiger partial charge is 0.291 e. The van der Waals surface area contributed by atoms with E-state index in [0.29, 0.717) is 30.4 Å². The Morgan fingerprint density at radius 2 is 1.88 bits per heavy atom. The van der Waals surface area contributed by atoms with E-state index in [1.807, 2.05) is 17.9 Å². The largest absolute Gasteiger partial charge is 0.436 e. The van der Waals surface area contributed by atoms with E-state index < -0.39 is 0 Å². The Morgan fingerprint density at radius 3 is 2.62 bits per heavy atom. The normalized spacial score (nSPS) is 18.2. The zero-order valence-corrected chi connectivity index (χ0v) is 19.0. The third-order valence-electron chi connectivity index (χ3n) is 6.52. The summed E-state index contributed by atoms with van der Waals surface area (Å²) in [6.45, 7) is 8.80. The highest BCUT2D eigenvalue weighted by atomic mass is 16.4. The van der Waals surface area contributed by atoms with E-state index in [4.69, 9.17) is 14.4 Å². The average molecular weight is 432 g/mol. The third kappa shape index (κ3) is 3.87. The Hall–Kier alpha value is -3.22. The zero-order chi connectivity index (χ0) is 22.2. The molecular weight excluding hydrogens is 402 g/mol. The van der Waals surface area contributed by atoms with Crippen LogP contribution in [0.25, 0.3) is 0 Å².